The Morgan fingerprint density at radius 2 is 1.33 bits per heavy atom. The Kier molecular flexibility index (Phi) is 5.48. The van der Waals surface area contributed by atoms with Gasteiger partial charge in [-0.05, 0) is 46.8 Å². The molecule has 4 heteroatoms. The summed E-state index contributed by atoms with van der Waals surface area (Å²) >= 11 is 3.85. The molecule has 2 aromatic heterocycles. The summed E-state index contributed by atoms with van der Waals surface area (Å²) in [5, 5.41) is 11.9. The van der Waals surface area contributed by atoms with Gasteiger partial charge in [-0.15, -0.1) is 11.3 Å². The molecular formula is C41H26N2S2. The van der Waals surface area contributed by atoms with E-state index in [1.54, 1.807) is 0 Å². The average Bonchev–Trinajstić information content (AvgIpc) is 3.80. The molecule has 2 nitrogen and oxygen atoms in total. The summed E-state index contributed by atoms with van der Waals surface area (Å²) in [6.45, 7) is 0. The van der Waals surface area contributed by atoms with E-state index >= 15 is 0 Å². The number of thioether (sulfide) groups is 1. The number of fused-ring (bicyclic) bond motifs is 10. The van der Waals surface area contributed by atoms with E-state index in [1.165, 1.54) is 85.7 Å². The number of hydrogen-bond acceptors (Lipinski definition) is 3. The van der Waals surface area contributed by atoms with Gasteiger partial charge < -0.3 is 9.88 Å². The Balaban J connectivity index is 1.10. The second kappa shape index (κ2) is 9.73. The first-order chi connectivity index (χ1) is 22.3. The molecule has 1 unspecified atom stereocenters. The normalized spacial score (nSPS) is 14.5. The molecule has 0 bridgehead atoms. The molecule has 10 rings (SSSR count). The Morgan fingerprint density at radius 3 is 2.20 bits per heavy atom. The molecule has 1 aliphatic heterocycles. The Bertz CT molecular complexity index is 2590. The number of para-hydroxylation sites is 1. The minimum Gasteiger partial charge on any atom is -0.368 e. The van der Waals surface area contributed by atoms with Crippen molar-refractivity contribution in [2.75, 3.05) is 5.32 Å². The quantitative estimate of drug-likeness (QED) is 0.214. The topological polar surface area (TPSA) is 17.0 Å². The maximum absolute atomic E-state index is 3.91. The van der Waals surface area contributed by atoms with E-state index in [9.17, 15) is 0 Å². The highest BCUT2D eigenvalue weighted by Gasteiger charge is 2.28. The van der Waals surface area contributed by atoms with Crippen LogP contribution in [0.25, 0.3) is 69.6 Å². The van der Waals surface area contributed by atoms with Crippen molar-refractivity contribution in [3.63, 3.8) is 0 Å². The van der Waals surface area contributed by atoms with Gasteiger partial charge in [0.1, 0.15) is 5.37 Å². The van der Waals surface area contributed by atoms with Crippen molar-refractivity contribution in [2.45, 2.75) is 10.3 Å². The van der Waals surface area contributed by atoms with Crippen LogP contribution in [0.2, 0.25) is 0 Å². The summed E-state index contributed by atoms with van der Waals surface area (Å²) in [6, 6.07) is 53.2. The summed E-state index contributed by atoms with van der Waals surface area (Å²) in [6.07, 6.45) is 0. The number of rotatable bonds is 3. The second-order valence-corrected chi connectivity index (χ2v) is 13.9. The van der Waals surface area contributed by atoms with Crippen molar-refractivity contribution in [1.29, 1.82) is 0 Å². The molecule has 0 spiro atoms. The second-order valence-electron chi connectivity index (χ2n) is 11.7. The monoisotopic (exact) mass is 610 g/mol. The lowest BCUT2D eigenvalue weighted by Gasteiger charge is -2.14. The van der Waals surface area contributed by atoms with Crippen LogP contribution in [0, 0.1) is 0 Å². The lowest BCUT2D eigenvalue weighted by atomic mass is 10.0. The van der Waals surface area contributed by atoms with Crippen LogP contribution in [0.5, 0.6) is 0 Å². The van der Waals surface area contributed by atoms with Crippen molar-refractivity contribution in [3.05, 3.63) is 151 Å². The summed E-state index contributed by atoms with van der Waals surface area (Å²) in [5.41, 5.74) is 8.74. The third-order valence-corrected chi connectivity index (χ3v) is 11.7. The van der Waals surface area contributed by atoms with Crippen LogP contribution in [0.15, 0.2) is 150 Å². The van der Waals surface area contributed by atoms with Crippen molar-refractivity contribution in [3.8, 4) is 16.8 Å². The minimum absolute atomic E-state index is 0.140. The summed E-state index contributed by atoms with van der Waals surface area (Å²) in [5.74, 6) is 0. The third-order valence-electron chi connectivity index (χ3n) is 9.22. The predicted octanol–water partition coefficient (Wildman–Crippen LogP) is 12.2. The van der Waals surface area contributed by atoms with Crippen molar-refractivity contribution >= 4 is 81.5 Å². The standard InChI is InChI=1S/C41H26N2S2/c1-2-10-25(11-3-1)33-24-34-40(37-32-15-7-9-17-36(32)44-39(33)37)45-41(42-34)27-18-21-28(22-19-27)43-35-16-8-6-14-30(35)31-23-20-26-12-4-5-13-29(26)38(31)43/h1-24,41-42H. The molecule has 1 N–H and O–H groups in total. The zero-order valence-electron chi connectivity index (χ0n) is 24.2. The summed E-state index contributed by atoms with van der Waals surface area (Å²) in [4.78, 5) is 1.35. The molecule has 212 valence electrons. The Labute approximate surface area is 268 Å². The van der Waals surface area contributed by atoms with E-state index in [4.69, 9.17) is 0 Å². The molecule has 0 saturated carbocycles. The molecule has 1 aliphatic rings. The zero-order valence-corrected chi connectivity index (χ0v) is 25.8. The van der Waals surface area contributed by atoms with E-state index in [-0.39, 0.29) is 5.37 Å². The van der Waals surface area contributed by atoms with Gasteiger partial charge in [0.15, 0.2) is 0 Å². The lowest BCUT2D eigenvalue weighted by molar-refractivity contribution is 1.12. The highest BCUT2D eigenvalue weighted by atomic mass is 32.2. The van der Waals surface area contributed by atoms with Gasteiger partial charge in [-0.1, -0.05) is 127 Å². The number of nitrogens with zero attached hydrogens (tertiary/aromatic N) is 1. The number of benzene rings is 7. The number of nitrogens with one attached hydrogen (secondary N) is 1. The number of hydrogen-bond donors (Lipinski definition) is 1. The molecule has 0 amide bonds. The minimum atomic E-state index is 0.140. The van der Waals surface area contributed by atoms with Gasteiger partial charge in [-0.2, -0.15) is 0 Å². The van der Waals surface area contributed by atoms with E-state index < -0.39 is 0 Å². The Hall–Kier alpha value is -5.03. The lowest BCUT2D eigenvalue weighted by Crippen LogP contribution is -2.02. The average molecular weight is 611 g/mol. The van der Waals surface area contributed by atoms with E-state index in [0.29, 0.717) is 0 Å². The number of aromatic nitrogens is 1. The van der Waals surface area contributed by atoms with E-state index in [0.717, 1.165) is 0 Å². The van der Waals surface area contributed by atoms with Crippen LogP contribution < -0.4 is 5.32 Å². The highest BCUT2D eigenvalue weighted by Crippen LogP contribution is 2.55. The van der Waals surface area contributed by atoms with Gasteiger partial charge in [-0.3, -0.25) is 0 Å². The SMILES string of the molecule is c1ccc(-c2cc3c(c4c2sc2ccccc24)SC(c2ccc(-n4c5ccccc5c5ccc6ccccc6c54)cc2)N3)cc1. The maximum atomic E-state index is 3.91. The molecule has 0 radical (unpaired) electrons. The first-order valence-electron chi connectivity index (χ1n) is 15.3. The molecular weight excluding hydrogens is 585 g/mol. The first kappa shape index (κ1) is 25.3. The molecule has 7 aromatic carbocycles. The molecule has 45 heavy (non-hydrogen) atoms. The van der Waals surface area contributed by atoms with Crippen molar-refractivity contribution < 1.29 is 0 Å². The molecule has 3 heterocycles. The van der Waals surface area contributed by atoms with Gasteiger partial charge >= 0.3 is 0 Å². The van der Waals surface area contributed by atoms with Gasteiger partial charge in [0, 0.05) is 52.5 Å². The van der Waals surface area contributed by atoms with Crippen molar-refractivity contribution in [1.82, 2.24) is 4.57 Å². The molecule has 0 aliphatic carbocycles. The number of anilines is 1. The van der Waals surface area contributed by atoms with Gasteiger partial charge in [0.25, 0.3) is 0 Å². The summed E-state index contributed by atoms with van der Waals surface area (Å²) < 4.78 is 5.14. The molecule has 1 atom stereocenters. The van der Waals surface area contributed by atoms with Gasteiger partial charge in [0.2, 0.25) is 0 Å². The van der Waals surface area contributed by atoms with Crippen molar-refractivity contribution in [2.24, 2.45) is 0 Å². The van der Waals surface area contributed by atoms with Gasteiger partial charge in [-0.25, -0.2) is 0 Å². The van der Waals surface area contributed by atoms with Crippen LogP contribution in [0.1, 0.15) is 10.9 Å². The van der Waals surface area contributed by atoms with Crippen LogP contribution in [-0.2, 0) is 0 Å². The fourth-order valence-electron chi connectivity index (χ4n) is 7.17. The van der Waals surface area contributed by atoms with Crippen LogP contribution >= 0.6 is 23.1 Å². The summed E-state index contributed by atoms with van der Waals surface area (Å²) in [7, 11) is 0. The molecule has 0 fully saturated rings. The maximum Gasteiger partial charge on any atom is 0.103 e. The van der Waals surface area contributed by atoms with Gasteiger partial charge in [0.05, 0.1) is 16.7 Å². The predicted molar refractivity (Wildman–Crippen MR) is 195 cm³/mol. The third kappa shape index (κ3) is 3.76. The Morgan fingerprint density at radius 1 is 0.600 bits per heavy atom. The smallest absolute Gasteiger partial charge is 0.103 e. The number of thiophene rings is 1. The van der Waals surface area contributed by atoms with Crippen LogP contribution in [-0.4, -0.2) is 4.57 Å². The molecule has 0 saturated heterocycles. The van der Waals surface area contributed by atoms with Crippen LogP contribution in [0.4, 0.5) is 5.69 Å². The molecule has 9 aromatic rings. The zero-order chi connectivity index (χ0) is 29.5. The first-order valence-corrected chi connectivity index (χ1v) is 17.0. The van der Waals surface area contributed by atoms with Crippen LogP contribution in [0.3, 0.4) is 0 Å². The largest absolute Gasteiger partial charge is 0.368 e. The van der Waals surface area contributed by atoms with E-state index in [1.807, 2.05) is 23.1 Å². The van der Waals surface area contributed by atoms with E-state index in [2.05, 4.69) is 155 Å². The fourth-order valence-corrected chi connectivity index (χ4v) is 9.77. The fraction of sp³-hybridized carbons (Fsp3) is 0.0244. The highest BCUT2D eigenvalue weighted by molar-refractivity contribution is 8.00.